The molecule has 224 valence electrons. The van der Waals surface area contributed by atoms with Crippen LogP contribution in [0.1, 0.15) is 86.9 Å². The highest BCUT2D eigenvalue weighted by Gasteiger charge is 2.37. The van der Waals surface area contributed by atoms with Crippen LogP contribution in [0.2, 0.25) is 0 Å². The van der Waals surface area contributed by atoms with E-state index in [-0.39, 0.29) is 5.41 Å². The Labute approximate surface area is 251 Å². The number of nitrogens with two attached hydrogens (primary N) is 1. The molecule has 3 atom stereocenters. The van der Waals surface area contributed by atoms with Crippen LogP contribution in [0, 0.1) is 11.3 Å². The van der Waals surface area contributed by atoms with Crippen molar-refractivity contribution in [1.82, 2.24) is 20.1 Å². The maximum Gasteiger partial charge on any atom is 0.295 e. The summed E-state index contributed by atoms with van der Waals surface area (Å²) in [5, 5.41) is 7.78. The van der Waals surface area contributed by atoms with E-state index >= 15 is 0 Å². The van der Waals surface area contributed by atoms with Gasteiger partial charge in [0.2, 0.25) is 17.6 Å². The number of hydrogen-bond donors (Lipinski definition) is 2. The predicted octanol–water partition coefficient (Wildman–Crippen LogP) is 6.43. The number of carbonyl (C=O) groups is 1. The van der Waals surface area contributed by atoms with Crippen LogP contribution in [0.15, 0.2) is 57.7 Å². The Kier molecular flexibility index (Phi) is 7.36. The molecule has 0 spiro atoms. The SMILES string of the molecule is C[C@]1(C[C@@H]2CCCC[C@H]2Nc2ncc(-c3cccc(C(N)=O)c3)o2)CCCN(c2ccc(-c3noc(C4CC4)n3)nc2)C1. The van der Waals surface area contributed by atoms with Crippen molar-refractivity contribution >= 4 is 17.6 Å². The molecule has 1 saturated heterocycles. The van der Waals surface area contributed by atoms with Gasteiger partial charge < -0.3 is 24.9 Å². The lowest BCUT2D eigenvalue weighted by molar-refractivity contribution is 0.100. The fourth-order valence-electron chi connectivity index (χ4n) is 6.98. The summed E-state index contributed by atoms with van der Waals surface area (Å²) in [6, 6.07) is 12.1. The Balaban J connectivity index is 1.00. The summed E-state index contributed by atoms with van der Waals surface area (Å²) in [5.41, 5.74) is 8.80. The third-order valence-corrected chi connectivity index (χ3v) is 9.40. The lowest BCUT2D eigenvalue weighted by Gasteiger charge is -2.45. The van der Waals surface area contributed by atoms with Crippen LogP contribution in [0.4, 0.5) is 11.7 Å². The maximum atomic E-state index is 11.6. The summed E-state index contributed by atoms with van der Waals surface area (Å²) in [4.78, 5) is 27.9. The average molecular weight is 582 g/mol. The Morgan fingerprint density at radius 1 is 1.09 bits per heavy atom. The summed E-state index contributed by atoms with van der Waals surface area (Å²) < 4.78 is 11.5. The molecule has 3 aromatic heterocycles. The van der Waals surface area contributed by atoms with Crippen LogP contribution in [-0.2, 0) is 0 Å². The van der Waals surface area contributed by atoms with Crippen LogP contribution in [0.3, 0.4) is 0 Å². The van der Waals surface area contributed by atoms with Crippen molar-refractivity contribution in [1.29, 1.82) is 0 Å². The number of aromatic nitrogens is 4. The first-order valence-electron chi connectivity index (χ1n) is 15.6. The monoisotopic (exact) mass is 581 g/mol. The van der Waals surface area contributed by atoms with Gasteiger partial charge in [0.25, 0.3) is 6.01 Å². The summed E-state index contributed by atoms with van der Waals surface area (Å²) in [7, 11) is 0. The summed E-state index contributed by atoms with van der Waals surface area (Å²) in [5.74, 6) is 2.44. The van der Waals surface area contributed by atoms with Gasteiger partial charge in [-0.3, -0.25) is 9.78 Å². The predicted molar refractivity (Wildman–Crippen MR) is 164 cm³/mol. The van der Waals surface area contributed by atoms with Crippen molar-refractivity contribution in [3.63, 3.8) is 0 Å². The molecule has 3 aliphatic rings. The van der Waals surface area contributed by atoms with Crippen molar-refractivity contribution in [3.8, 4) is 22.8 Å². The van der Waals surface area contributed by atoms with Gasteiger partial charge in [-0.15, -0.1) is 0 Å². The van der Waals surface area contributed by atoms with E-state index < -0.39 is 5.91 Å². The zero-order valence-corrected chi connectivity index (χ0v) is 24.7. The van der Waals surface area contributed by atoms with Crippen molar-refractivity contribution in [2.24, 2.45) is 17.1 Å². The second-order valence-corrected chi connectivity index (χ2v) is 12.9. The number of primary amides is 1. The third-order valence-electron chi connectivity index (χ3n) is 9.40. The molecule has 3 fully saturated rings. The molecule has 0 bridgehead atoms. The molecule has 1 amide bonds. The number of piperidine rings is 1. The van der Waals surface area contributed by atoms with E-state index in [0.29, 0.717) is 41.0 Å². The summed E-state index contributed by atoms with van der Waals surface area (Å²) in [6.07, 6.45) is 14.2. The number of pyridine rings is 1. The molecule has 1 aliphatic heterocycles. The number of oxazole rings is 1. The van der Waals surface area contributed by atoms with Crippen molar-refractivity contribution < 1.29 is 13.7 Å². The summed E-state index contributed by atoms with van der Waals surface area (Å²) in [6.45, 7) is 4.48. The van der Waals surface area contributed by atoms with E-state index in [1.165, 1.54) is 25.7 Å². The molecular formula is C33H39N7O3. The van der Waals surface area contributed by atoms with E-state index in [0.717, 1.165) is 68.0 Å². The van der Waals surface area contributed by atoms with Gasteiger partial charge >= 0.3 is 0 Å². The fraction of sp³-hybridized carbons (Fsp3) is 0.485. The van der Waals surface area contributed by atoms with Crippen LogP contribution >= 0.6 is 0 Å². The first-order valence-corrected chi connectivity index (χ1v) is 15.6. The van der Waals surface area contributed by atoms with E-state index in [1.54, 1.807) is 24.4 Å². The number of anilines is 2. The molecular weight excluding hydrogens is 542 g/mol. The molecule has 10 heteroatoms. The fourth-order valence-corrected chi connectivity index (χ4v) is 6.98. The number of carbonyl (C=O) groups excluding carboxylic acids is 1. The minimum absolute atomic E-state index is 0.197. The molecule has 0 radical (unpaired) electrons. The summed E-state index contributed by atoms with van der Waals surface area (Å²) >= 11 is 0. The van der Waals surface area contributed by atoms with Gasteiger partial charge in [0.15, 0.2) is 5.76 Å². The Morgan fingerprint density at radius 2 is 1.98 bits per heavy atom. The molecule has 2 saturated carbocycles. The molecule has 0 unspecified atom stereocenters. The van der Waals surface area contributed by atoms with Gasteiger partial charge in [0.1, 0.15) is 5.69 Å². The van der Waals surface area contributed by atoms with E-state index in [4.69, 9.17) is 19.7 Å². The van der Waals surface area contributed by atoms with E-state index in [2.05, 4.69) is 38.3 Å². The zero-order chi connectivity index (χ0) is 29.4. The van der Waals surface area contributed by atoms with Gasteiger partial charge in [-0.25, -0.2) is 4.98 Å². The molecule has 4 aromatic rings. The van der Waals surface area contributed by atoms with Crippen LogP contribution in [0.25, 0.3) is 22.8 Å². The minimum Gasteiger partial charge on any atom is -0.424 e. The van der Waals surface area contributed by atoms with Crippen molar-refractivity contribution in [3.05, 3.63) is 60.2 Å². The molecule has 10 nitrogen and oxygen atoms in total. The highest BCUT2D eigenvalue weighted by molar-refractivity contribution is 5.93. The van der Waals surface area contributed by atoms with Gasteiger partial charge in [-0.05, 0) is 80.5 Å². The average Bonchev–Trinajstić information content (AvgIpc) is 3.56. The van der Waals surface area contributed by atoms with Crippen LogP contribution < -0.4 is 16.0 Å². The van der Waals surface area contributed by atoms with Gasteiger partial charge in [-0.1, -0.05) is 37.1 Å². The molecule has 7 rings (SSSR count). The zero-order valence-electron chi connectivity index (χ0n) is 24.7. The molecule has 4 heterocycles. The second-order valence-electron chi connectivity index (χ2n) is 12.9. The lowest BCUT2D eigenvalue weighted by atomic mass is 9.70. The van der Waals surface area contributed by atoms with Crippen LogP contribution in [0.5, 0.6) is 0 Å². The minimum atomic E-state index is -0.459. The highest BCUT2D eigenvalue weighted by Crippen LogP contribution is 2.43. The number of amides is 1. The topological polar surface area (TPSA) is 136 Å². The molecule has 2 aliphatic carbocycles. The maximum absolute atomic E-state index is 11.6. The van der Waals surface area contributed by atoms with Gasteiger partial charge in [0, 0.05) is 36.2 Å². The smallest absolute Gasteiger partial charge is 0.295 e. The van der Waals surface area contributed by atoms with Crippen molar-refractivity contribution in [2.45, 2.75) is 76.7 Å². The first-order chi connectivity index (χ1) is 20.9. The first kappa shape index (κ1) is 27.6. The molecule has 43 heavy (non-hydrogen) atoms. The third kappa shape index (κ3) is 6.14. The Morgan fingerprint density at radius 3 is 2.79 bits per heavy atom. The normalized spacial score (nSPS) is 24.2. The lowest BCUT2D eigenvalue weighted by Crippen LogP contribution is -2.45. The Hall–Kier alpha value is -4.21. The number of rotatable bonds is 9. The number of hydrogen-bond acceptors (Lipinski definition) is 9. The quantitative estimate of drug-likeness (QED) is 0.229. The van der Waals surface area contributed by atoms with Crippen LogP contribution in [-0.4, -0.2) is 45.1 Å². The van der Waals surface area contributed by atoms with Gasteiger partial charge in [-0.2, -0.15) is 4.98 Å². The van der Waals surface area contributed by atoms with E-state index in [1.807, 2.05) is 18.3 Å². The number of nitrogens with one attached hydrogen (secondary N) is 1. The highest BCUT2D eigenvalue weighted by atomic mass is 16.5. The largest absolute Gasteiger partial charge is 0.424 e. The Bertz CT molecular complexity index is 1580. The number of benzene rings is 1. The van der Waals surface area contributed by atoms with E-state index in [9.17, 15) is 4.79 Å². The molecule has 3 N–H and O–H groups in total. The number of nitrogens with zero attached hydrogens (tertiary/aromatic N) is 5. The standard InChI is InChI=1S/C33H39N7O3/c1-33(14-5-15-40(20-33)25-12-13-27(35-18-25)30-38-31(43-39-30)21-10-11-21)17-24-6-2-3-9-26(24)37-32-36-19-28(42-32)22-7-4-8-23(16-22)29(34)41/h4,7-8,12-13,16,18-19,21,24,26H,2-3,5-6,9-11,14-15,17,20H2,1H3,(H2,34,41)(H,36,37)/t24-,26+,33+/m0/s1. The van der Waals surface area contributed by atoms with Gasteiger partial charge in [0.05, 0.1) is 18.1 Å². The van der Waals surface area contributed by atoms with Crippen molar-refractivity contribution in [2.75, 3.05) is 23.3 Å². The second kappa shape index (κ2) is 11.5. The molecule has 1 aromatic carbocycles.